The van der Waals surface area contributed by atoms with Crippen LogP contribution in [-0.2, 0) is 4.79 Å². The van der Waals surface area contributed by atoms with E-state index in [1.807, 2.05) is 12.1 Å². The van der Waals surface area contributed by atoms with Gasteiger partial charge in [-0.15, -0.1) is 0 Å². The molecule has 4 nitrogen and oxygen atoms in total. The van der Waals surface area contributed by atoms with Gasteiger partial charge in [-0.25, -0.2) is 0 Å². The van der Waals surface area contributed by atoms with Gasteiger partial charge in [-0.05, 0) is 42.5 Å². The average molecular weight is 352 g/mol. The van der Waals surface area contributed by atoms with Gasteiger partial charge in [0.15, 0.2) is 0 Å². The average Bonchev–Trinajstić information content (AvgIpc) is 2.92. The van der Waals surface area contributed by atoms with Crippen molar-refractivity contribution in [1.29, 1.82) is 0 Å². The fraction of sp³-hybridized carbons (Fsp3) is 0.235. The maximum atomic E-state index is 12.0. The standard InChI is InChI=1S/C17H15Cl2NO3/c18-12-1-6-16(15(19)8-12)23-14-4-2-13(3-5-14)20-9-11(10-21)7-17(20)22/h1-6,8,11,21H,7,9-10H2. The Hall–Kier alpha value is -1.75. The molecule has 0 aliphatic carbocycles. The summed E-state index contributed by atoms with van der Waals surface area (Å²) in [5.74, 6) is 1.16. The highest BCUT2D eigenvalue weighted by atomic mass is 35.5. The second-order valence-corrected chi connectivity index (χ2v) is 6.27. The van der Waals surface area contributed by atoms with E-state index < -0.39 is 0 Å². The van der Waals surface area contributed by atoms with Crippen molar-refractivity contribution in [2.24, 2.45) is 5.92 Å². The van der Waals surface area contributed by atoms with Gasteiger partial charge < -0.3 is 14.7 Å². The van der Waals surface area contributed by atoms with Gasteiger partial charge in [-0.3, -0.25) is 4.79 Å². The number of halogens is 2. The van der Waals surface area contributed by atoms with Crippen molar-refractivity contribution in [3.05, 3.63) is 52.5 Å². The maximum absolute atomic E-state index is 12.0. The lowest BCUT2D eigenvalue weighted by Crippen LogP contribution is -2.24. The number of rotatable bonds is 4. The first kappa shape index (κ1) is 16.1. The Balaban J connectivity index is 1.73. The van der Waals surface area contributed by atoms with E-state index in [0.29, 0.717) is 34.5 Å². The van der Waals surface area contributed by atoms with Gasteiger partial charge in [0.05, 0.1) is 5.02 Å². The van der Waals surface area contributed by atoms with E-state index in [-0.39, 0.29) is 18.4 Å². The highest BCUT2D eigenvalue weighted by Gasteiger charge is 2.29. The summed E-state index contributed by atoms with van der Waals surface area (Å²) in [6.45, 7) is 0.567. The Kier molecular flexibility index (Phi) is 4.76. The molecule has 0 radical (unpaired) electrons. The van der Waals surface area contributed by atoms with E-state index in [1.54, 1.807) is 35.2 Å². The fourth-order valence-corrected chi connectivity index (χ4v) is 2.98. The molecule has 0 bridgehead atoms. The van der Waals surface area contributed by atoms with Gasteiger partial charge in [-0.2, -0.15) is 0 Å². The van der Waals surface area contributed by atoms with Crippen LogP contribution in [0.1, 0.15) is 6.42 Å². The number of benzene rings is 2. The minimum atomic E-state index is 0.00583. The van der Waals surface area contributed by atoms with E-state index >= 15 is 0 Å². The highest BCUT2D eigenvalue weighted by Crippen LogP contribution is 2.33. The molecular weight excluding hydrogens is 337 g/mol. The smallest absolute Gasteiger partial charge is 0.227 e. The van der Waals surface area contributed by atoms with Crippen molar-refractivity contribution in [2.75, 3.05) is 18.1 Å². The van der Waals surface area contributed by atoms with Crippen molar-refractivity contribution >= 4 is 34.8 Å². The zero-order chi connectivity index (χ0) is 16.4. The molecule has 120 valence electrons. The minimum absolute atomic E-state index is 0.00583. The summed E-state index contributed by atoms with van der Waals surface area (Å²) in [6.07, 6.45) is 0.384. The number of carbonyl (C=O) groups excluding carboxylic acids is 1. The second-order valence-electron chi connectivity index (χ2n) is 5.43. The number of amides is 1. The number of aliphatic hydroxyl groups excluding tert-OH is 1. The van der Waals surface area contributed by atoms with E-state index in [1.165, 1.54) is 0 Å². The lowest BCUT2D eigenvalue weighted by molar-refractivity contribution is -0.117. The van der Waals surface area contributed by atoms with Crippen LogP contribution >= 0.6 is 23.2 Å². The van der Waals surface area contributed by atoms with Crippen LogP contribution in [0.3, 0.4) is 0 Å². The zero-order valence-corrected chi connectivity index (χ0v) is 13.7. The van der Waals surface area contributed by atoms with Gasteiger partial charge in [0.25, 0.3) is 0 Å². The predicted molar refractivity (Wildman–Crippen MR) is 90.5 cm³/mol. The van der Waals surface area contributed by atoms with Crippen molar-refractivity contribution < 1.29 is 14.6 Å². The summed E-state index contributed by atoms with van der Waals surface area (Å²) in [7, 11) is 0. The number of carbonyl (C=O) groups is 1. The van der Waals surface area contributed by atoms with E-state index in [0.717, 1.165) is 5.69 Å². The first-order chi connectivity index (χ1) is 11.1. The van der Waals surface area contributed by atoms with Crippen LogP contribution in [0, 0.1) is 5.92 Å². The highest BCUT2D eigenvalue weighted by molar-refractivity contribution is 6.35. The lowest BCUT2D eigenvalue weighted by atomic mass is 10.1. The van der Waals surface area contributed by atoms with Crippen molar-refractivity contribution in [3.8, 4) is 11.5 Å². The van der Waals surface area contributed by atoms with Crippen LogP contribution in [0.25, 0.3) is 0 Å². The normalized spacial score (nSPS) is 17.6. The summed E-state index contributed by atoms with van der Waals surface area (Å²) >= 11 is 11.9. The Bertz CT molecular complexity index is 718. The monoisotopic (exact) mass is 351 g/mol. The molecule has 1 saturated heterocycles. The Labute approximate surface area is 144 Å². The van der Waals surface area contributed by atoms with Crippen LogP contribution < -0.4 is 9.64 Å². The second kappa shape index (κ2) is 6.79. The quantitative estimate of drug-likeness (QED) is 0.900. The molecular formula is C17H15Cl2NO3. The SMILES string of the molecule is O=C1CC(CO)CN1c1ccc(Oc2ccc(Cl)cc2Cl)cc1. The summed E-state index contributed by atoms with van der Waals surface area (Å²) < 4.78 is 5.72. The molecule has 0 saturated carbocycles. The van der Waals surface area contributed by atoms with Gasteiger partial charge >= 0.3 is 0 Å². The van der Waals surface area contributed by atoms with Crippen LogP contribution in [0.15, 0.2) is 42.5 Å². The molecule has 6 heteroatoms. The summed E-state index contributed by atoms with van der Waals surface area (Å²) in [5.41, 5.74) is 0.792. The van der Waals surface area contributed by atoms with Crippen molar-refractivity contribution in [2.45, 2.75) is 6.42 Å². The number of nitrogens with zero attached hydrogens (tertiary/aromatic N) is 1. The van der Waals surface area contributed by atoms with Crippen LogP contribution in [0.4, 0.5) is 5.69 Å². The number of aliphatic hydroxyl groups is 1. The summed E-state index contributed by atoms with van der Waals surface area (Å²) in [6, 6.07) is 12.2. The number of anilines is 1. The largest absolute Gasteiger partial charge is 0.456 e. The third-order valence-electron chi connectivity index (χ3n) is 3.73. The van der Waals surface area contributed by atoms with Crippen LogP contribution in [0.5, 0.6) is 11.5 Å². The molecule has 23 heavy (non-hydrogen) atoms. The van der Waals surface area contributed by atoms with Gasteiger partial charge in [0.1, 0.15) is 11.5 Å². The zero-order valence-electron chi connectivity index (χ0n) is 12.2. The number of hydrogen-bond donors (Lipinski definition) is 1. The van der Waals surface area contributed by atoms with Crippen molar-refractivity contribution in [3.63, 3.8) is 0 Å². The van der Waals surface area contributed by atoms with E-state index in [9.17, 15) is 9.90 Å². The first-order valence-electron chi connectivity index (χ1n) is 7.21. The molecule has 0 spiro atoms. The fourth-order valence-electron chi connectivity index (χ4n) is 2.53. The topological polar surface area (TPSA) is 49.8 Å². The molecule has 1 heterocycles. The Morgan fingerprint density at radius 1 is 1.17 bits per heavy atom. The van der Waals surface area contributed by atoms with Gasteiger partial charge in [0.2, 0.25) is 5.91 Å². The molecule has 0 aromatic heterocycles. The molecule has 1 N–H and O–H groups in total. The maximum Gasteiger partial charge on any atom is 0.227 e. The molecule has 1 fully saturated rings. The molecule has 3 rings (SSSR count). The number of hydrogen-bond acceptors (Lipinski definition) is 3. The molecule has 1 unspecified atom stereocenters. The first-order valence-corrected chi connectivity index (χ1v) is 7.96. The molecule has 1 aliphatic rings. The Morgan fingerprint density at radius 2 is 1.91 bits per heavy atom. The predicted octanol–water partition coefficient (Wildman–Crippen LogP) is 4.13. The molecule has 1 aliphatic heterocycles. The van der Waals surface area contributed by atoms with Crippen LogP contribution in [-0.4, -0.2) is 24.2 Å². The number of ether oxygens (including phenoxy) is 1. The summed E-state index contributed by atoms with van der Waals surface area (Å²) in [5, 5.41) is 10.2. The lowest BCUT2D eigenvalue weighted by Gasteiger charge is -2.17. The third kappa shape index (κ3) is 3.61. The van der Waals surface area contributed by atoms with Crippen molar-refractivity contribution in [1.82, 2.24) is 0 Å². The van der Waals surface area contributed by atoms with Gasteiger partial charge in [0, 0.05) is 36.2 Å². The molecule has 1 atom stereocenters. The third-order valence-corrected chi connectivity index (χ3v) is 4.26. The van der Waals surface area contributed by atoms with Gasteiger partial charge in [-0.1, -0.05) is 23.2 Å². The van der Waals surface area contributed by atoms with Crippen LogP contribution in [0.2, 0.25) is 10.0 Å². The molecule has 2 aromatic rings. The van der Waals surface area contributed by atoms with E-state index in [4.69, 9.17) is 27.9 Å². The Morgan fingerprint density at radius 3 is 2.52 bits per heavy atom. The summed E-state index contributed by atoms with van der Waals surface area (Å²) in [4.78, 5) is 13.6. The van der Waals surface area contributed by atoms with E-state index in [2.05, 4.69) is 0 Å². The molecule has 1 amide bonds. The minimum Gasteiger partial charge on any atom is -0.456 e. The molecule has 2 aromatic carbocycles.